The summed E-state index contributed by atoms with van der Waals surface area (Å²) < 4.78 is 2.23. The largest absolute Gasteiger partial charge is 0.394 e. The molecule has 2 fully saturated rings. The van der Waals surface area contributed by atoms with Crippen LogP contribution in [0, 0.1) is 11.8 Å². The molecule has 0 aliphatic heterocycles. The first-order valence-corrected chi connectivity index (χ1v) is 6.19. The fourth-order valence-corrected chi connectivity index (χ4v) is 2.66. The van der Waals surface area contributed by atoms with E-state index in [2.05, 4.69) is 9.55 Å². The quantitative estimate of drug-likeness (QED) is 0.786. The van der Waals surface area contributed by atoms with Gasteiger partial charge >= 0.3 is 0 Å². The Bertz CT molecular complexity index is 356. The Hall–Kier alpha value is -0.870. The first-order valence-electron chi connectivity index (χ1n) is 6.19. The van der Waals surface area contributed by atoms with Gasteiger partial charge < -0.3 is 15.4 Å². The topological polar surface area (TPSA) is 64.1 Å². The Morgan fingerprint density at radius 3 is 2.50 bits per heavy atom. The van der Waals surface area contributed by atoms with Gasteiger partial charge in [0, 0.05) is 12.2 Å². The zero-order valence-corrected chi connectivity index (χ0v) is 9.42. The fourth-order valence-electron chi connectivity index (χ4n) is 2.66. The minimum absolute atomic E-state index is 0.00620. The number of nitrogens with two attached hydrogens (primary N) is 1. The monoisotopic (exact) mass is 221 g/mol. The van der Waals surface area contributed by atoms with Gasteiger partial charge in [0.25, 0.3) is 0 Å². The van der Waals surface area contributed by atoms with E-state index in [0.717, 1.165) is 17.5 Å². The van der Waals surface area contributed by atoms with Crippen molar-refractivity contribution >= 4 is 0 Å². The summed E-state index contributed by atoms with van der Waals surface area (Å²) >= 11 is 0. The number of hydrogen-bond acceptors (Lipinski definition) is 3. The fraction of sp³-hybridized carbons (Fsp3) is 0.750. The van der Waals surface area contributed by atoms with Crippen molar-refractivity contribution in [3.05, 3.63) is 18.2 Å². The second-order valence-corrected chi connectivity index (χ2v) is 5.18. The summed E-state index contributed by atoms with van der Waals surface area (Å²) in [5.41, 5.74) is 6.90. The summed E-state index contributed by atoms with van der Waals surface area (Å²) in [5.74, 6) is 1.65. The molecule has 0 saturated heterocycles. The molecule has 88 valence electrons. The molecule has 0 radical (unpaired) electrons. The molecule has 1 atom stereocenters. The number of nitrogens with zero attached hydrogens (tertiary/aromatic N) is 2. The SMILES string of the molecule is NC(CO)c1cncn1C(C1CC1)C1CC1. The predicted octanol–water partition coefficient (Wildman–Crippen LogP) is 1.24. The van der Waals surface area contributed by atoms with Gasteiger partial charge in [-0.1, -0.05) is 0 Å². The first-order chi connectivity index (χ1) is 7.81. The van der Waals surface area contributed by atoms with Gasteiger partial charge in [-0.2, -0.15) is 0 Å². The highest BCUT2D eigenvalue weighted by atomic mass is 16.3. The molecule has 1 aromatic heterocycles. The maximum atomic E-state index is 9.16. The highest BCUT2D eigenvalue weighted by molar-refractivity contribution is 5.10. The lowest BCUT2D eigenvalue weighted by molar-refractivity contribution is 0.257. The van der Waals surface area contributed by atoms with Crippen LogP contribution in [0.25, 0.3) is 0 Å². The van der Waals surface area contributed by atoms with Crippen LogP contribution in [-0.4, -0.2) is 21.3 Å². The Morgan fingerprint density at radius 2 is 2.00 bits per heavy atom. The summed E-state index contributed by atoms with van der Waals surface area (Å²) in [4.78, 5) is 4.20. The molecule has 0 amide bonds. The molecule has 1 heterocycles. The lowest BCUT2D eigenvalue weighted by Crippen LogP contribution is -2.23. The second kappa shape index (κ2) is 3.86. The summed E-state index contributed by atoms with van der Waals surface area (Å²) in [7, 11) is 0. The molecule has 1 aromatic rings. The van der Waals surface area contributed by atoms with Gasteiger partial charge in [0.2, 0.25) is 0 Å². The minimum atomic E-state index is -0.289. The van der Waals surface area contributed by atoms with E-state index in [9.17, 15) is 0 Å². The Kier molecular flexibility index (Phi) is 2.48. The molecule has 0 spiro atoms. The number of rotatable bonds is 5. The van der Waals surface area contributed by atoms with E-state index in [1.165, 1.54) is 25.7 Å². The molecule has 3 rings (SSSR count). The van der Waals surface area contributed by atoms with Gasteiger partial charge in [0.15, 0.2) is 0 Å². The van der Waals surface area contributed by atoms with E-state index in [4.69, 9.17) is 10.8 Å². The van der Waals surface area contributed by atoms with Crippen molar-refractivity contribution in [2.75, 3.05) is 6.61 Å². The number of aromatic nitrogens is 2. The van der Waals surface area contributed by atoms with Gasteiger partial charge in [0.1, 0.15) is 0 Å². The van der Waals surface area contributed by atoms with Crippen molar-refractivity contribution in [1.82, 2.24) is 9.55 Å². The third-order valence-electron chi connectivity index (χ3n) is 3.80. The van der Waals surface area contributed by atoms with Gasteiger partial charge in [-0.25, -0.2) is 4.98 Å². The van der Waals surface area contributed by atoms with Gasteiger partial charge in [0.05, 0.1) is 24.7 Å². The van der Waals surface area contributed by atoms with E-state index >= 15 is 0 Å². The summed E-state index contributed by atoms with van der Waals surface area (Å²) in [6.07, 6.45) is 9.06. The van der Waals surface area contributed by atoms with Crippen molar-refractivity contribution in [2.45, 2.75) is 37.8 Å². The van der Waals surface area contributed by atoms with E-state index in [0.29, 0.717) is 6.04 Å². The molecule has 2 aliphatic carbocycles. The van der Waals surface area contributed by atoms with Crippen LogP contribution in [0.15, 0.2) is 12.5 Å². The maximum Gasteiger partial charge on any atom is 0.0951 e. The van der Waals surface area contributed by atoms with Crippen LogP contribution in [0.5, 0.6) is 0 Å². The van der Waals surface area contributed by atoms with Crippen molar-refractivity contribution in [2.24, 2.45) is 17.6 Å². The lowest BCUT2D eigenvalue weighted by Gasteiger charge is -2.22. The molecule has 0 bridgehead atoms. The Labute approximate surface area is 95.5 Å². The highest BCUT2D eigenvalue weighted by Crippen LogP contribution is 2.52. The van der Waals surface area contributed by atoms with Crippen LogP contribution in [-0.2, 0) is 0 Å². The van der Waals surface area contributed by atoms with Gasteiger partial charge in [-0.15, -0.1) is 0 Å². The molecular formula is C12H19N3O. The summed E-state index contributed by atoms with van der Waals surface area (Å²) in [6, 6.07) is 0.303. The number of aliphatic hydroxyl groups excluding tert-OH is 1. The molecule has 4 nitrogen and oxygen atoms in total. The van der Waals surface area contributed by atoms with E-state index in [-0.39, 0.29) is 12.6 Å². The van der Waals surface area contributed by atoms with Crippen LogP contribution in [0.1, 0.15) is 43.5 Å². The number of hydrogen-bond donors (Lipinski definition) is 2. The zero-order chi connectivity index (χ0) is 11.1. The first kappa shape index (κ1) is 10.3. The molecule has 0 aromatic carbocycles. The van der Waals surface area contributed by atoms with E-state index in [1.807, 2.05) is 6.33 Å². The van der Waals surface area contributed by atoms with Crippen LogP contribution < -0.4 is 5.73 Å². The Morgan fingerprint density at radius 1 is 1.38 bits per heavy atom. The van der Waals surface area contributed by atoms with Crippen molar-refractivity contribution in [1.29, 1.82) is 0 Å². The highest BCUT2D eigenvalue weighted by Gasteiger charge is 2.43. The van der Waals surface area contributed by atoms with Crippen LogP contribution in [0.2, 0.25) is 0 Å². The van der Waals surface area contributed by atoms with Gasteiger partial charge in [-0.05, 0) is 37.5 Å². The van der Waals surface area contributed by atoms with Crippen molar-refractivity contribution < 1.29 is 5.11 Å². The third-order valence-corrected chi connectivity index (χ3v) is 3.80. The van der Waals surface area contributed by atoms with Crippen LogP contribution >= 0.6 is 0 Å². The molecule has 1 unspecified atom stereocenters. The third kappa shape index (κ3) is 1.76. The number of imidazole rings is 1. The van der Waals surface area contributed by atoms with Crippen LogP contribution in [0.3, 0.4) is 0 Å². The van der Waals surface area contributed by atoms with Crippen LogP contribution in [0.4, 0.5) is 0 Å². The molecule has 2 aliphatic rings. The smallest absolute Gasteiger partial charge is 0.0951 e. The maximum absolute atomic E-state index is 9.16. The van der Waals surface area contributed by atoms with Gasteiger partial charge in [-0.3, -0.25) is 0 Å². The van der Waals surface area contributed by atoms with E-state index < -0.39 is 0 Å². The normalized spacial score (nSPS) is 22.7. The van der Waals surface area contributed by atoms with Crippen molar-refractivity contribution in [3.63, 3.8) is 0 Å². The predicted molar refractivity (Wildman–Crippen MR) is 60.7 cm³/mol. The molecule has 4 heteroatoms. The van der Waals surface area contributed by atoms with Crippen molar-refractivity contribution in [3.8, 4) is 0 Å². The van der Waals surface area contributed by atoms with E-state index in [1.54, 1.807) is 6.20 Å². The zero-order valence-electron chi connectivity index (χ0n) is 9.42. The average Bonchev–Trinajstić information content (AvgIpc) is 3.19. The average molecular weight is 221 g/mol. The summed E-state index contributed by atoms with van der Waals surface area (Å²) in [6.45, 7) is -0.00620. The lowest BCUT2D eigenvalue weighted by atomic mass is 10.1. The molecular weight excluding hydrogens is 202 g/mol. The number of aliphatic hydroxyl groups is 1. The molecule has 2 saturated carbocycles. The minimum Gasteiger partial charge on any atom is -0.394 e. The Balaban J connectivity index is 1.88. The molecule has 16 heavy (non-hydrogen) atoms. The second-order valence-electron chi connectivity index (χ2n) is 5.18. The standard InChI is InChI=1S/C12H19N3O/c13-10(6-16)11-5-14-7-15(11)12(8-1-2-8)9-3-4-9/h5,7-10,12,16H,1-4,6,13H2. The summed E-state index contributed by atoms with van der Waals surface area (Å²) in [5, 5.41) is 9.16. The molecule has 3 N–H and O–H groups in total.